The number of rotatable bonds is 11. The highest BCUT2D eigenvalue weighted by Crippen LogP contribution is 2.29. The number of amidine groups is 1. The van der Waals surface area contributed by atoms with Crippen LogP contribution in [0.1, 0.15) is 35.5 Å². The van der Waals surface area contributed by atoms with Gasteiger partial charge in [-0.1, -0.05) is 17.3 Å². The Bertz CT molecular complexity index is 1130. The van der Waals surface area contributed by atoms with Crippen LogP contribution in [0.15, 0.2) is 41.2 Å². The molecule has 0 saturated heterocycles. The van der Waals surface area contributed by atoms with E-state index in [1.807, 2.05) is 0 Å². The Kier molecular flexibility index (Phi) is 8.09. The lowest BCUT2D eigenvalue weighted by molar-refractivity contribution is -0.133. The Hall–Kier alpha value is -4.06. The molecule has 10 nitrogen and oxygen atoms in total. The van der Waals surface area contributed by atoms with Gasteiger partial charge < -0.3 is 29.8 Å². The van der Waals surface area contributed by atoms with E-state index >= 15 is 0 Å². The third kappa shape index (κ3) is 5.84. The summed E-state index contributed by atoms with van der Waals surface area (Å²) >= 11 is 0. The summed E-state index contributed by atoms with van der Waals surface area (Å²) in [5.41, 5.74) is 5.93. The molecule has 1 atom stereocenters. The summed E-state index contributed by atoms with van der Waals surface area (Å²) in [5, 5.41) is 13.9. The van der Waals surface area contributed by atoms with Crippen molar-refractivity contribution in [1.82, 2.24) is 15.5 Å². The summed E-state index contributed by atoms with van der Waals surface area (Å²) in [7, 11) is 1.27. The van der Waals surface area contributed by atoms with Gasteiger partial charge in [0.2, 0.25) is 12.2 Å². The largest absolute Gasteiger partial charge is 0.497 e. The smallest absolute Gasteiger partial charge is 0.254 e. The Labute approximate surface area is 193 Å². The third-order valence-electron chi connectivity index (χ3n) is 4.72. The number of nitrogens with zero attached hydrogens (tertiary/aromatic N) is 2. The maximum atomic E-state index is 14.6. The third-order valence-corrected chi connectivity index (χ3v) is 4.72. The second-order valence-electron chi connectivity index (χ2n) is 6.93. The van der Waals surface area contributed by atoms with Crippen molar-refractivity contribution >= 4 is 11.7 Å². The van der Waals surface area contributed by atoms with Gasteiger partial charge in [0.05, 0.1) is 12.7 Å². The van der Waals surface area contributed by atoms with Crippen molar-refractivity contribution in [2.75, 3.05) is 13.7 Å². The van der Waals surface area contributed by atoms with E-state index in [9.17, 15) is 13.6 Å². The molecule has 0 bridgehead atoms. The molecule has 0 fully saturated rings. The molecule has 0 unspecified atom stereocenters. The fourth-order valence-electron chi connectivity index (χ4n) is 3.06. The van der Waals surface area contributed by atoms with Crippen molar-refractivity contribution in [3.05, 3.63) is 70.9 Å². The van der Waals surface area contributed by atoms with Crippen LogP contribution in [-0.4, -0.2) is 35.6 Å². The van der Waals surface area contributed by atoms with Gasteiger partial charge in [0, 0.05) is 36.4 Å². The molecule has 0 aliphatic heterocycles. The first-order chi connectivity index (χ1) is 16.3. The number of halogens is 2. The zero-order valence-corrected chi connectivity index (χ0v) is 18.4. The number of carbonyl (C=O) groups excluding carboxylic acids is 1. The van der Waals surface area contributed by atoms with Gasteiger partial charge >= 0.3 is 0 Å². The average Bonchev–Trinajstić information content (AvgIpc) is 3.34. The van der Waals surface area contributed by atoms with Crippen LogP contribution in [-0.2, 0) is 22.7 Å². The van der Waals surface area contributed by atoms with Gasteiger partial charge in [0.25, 0.3) is 5.91 Å². The van der Waals surface area contributed by atoms with E-state index in [2.05, 4.69) is 20.0 Å². The highest BCUT2D eigenvalue weighted by atomic mass is 19.1. The van der Waals surface area contributed by atoms with Crippen molar-refractivity contribution in [3.8, 4) is 11.5 Å². The van der Waals surface area contributed by atoms with Gasteiger partial charge in [0.15, 0.2) is 12.7 Å². The molecule has 4 N–H and O–H groups in total. The van der Waals surface area contributed by atoms with Crippen LogP contribution in [0.5, 0.6) is 11.5 Å². The fraction of sp³-hybridized carbons (Fsp3) is 0.273. The van der Waals surface area contributed by atoms with Gasteiger partial charge in [0.1, 0.15) is 29.0 Å². The van der Waals surface area contributed by atoms with E-state index in [4.69, 9.17) is 25.4 Å². The highest BCUT2D eigenvalue weighted by Gasteiger charge is 2.28. The molecule has 0 saturated carbocycles. The number of hydrogen-bond donors (Lipinski definition) is 3. The number of ether oxygens (including phenoxy) is 3. The number of nitrogens with two attached hydrogens (primary N) is 1. The van der Waals surface area contributed by atoms with E-state index in [-0.39, 0.29) is 37.2 Å². The Balaban J connectivity index is 1.80. The molecule has 1 aromatic heterocycles. The fourth-order valence-corrected chi connectivity index (χ4v) is 3.06. The molecular formula is C22H23F2N5O5. The van der Waals surface area contributed by atoms with E-state index in [0.29, 0.717) is 16.9 Å². The summed E-state index contributed by atoms with van der Waals surface area (Å²) in [6.07, 6.45) is -0.381. The van der Waals surface area contributed by atoms with Crippen molar-refractivity contribution in [3.63, 3.8) is 0 Å². The second kappa shape index (κ2) is 11.2. The van der Waals surface area contributed by atoms with Crippen LogP contribution < -0.4 is 20.5 Å². The van der Waals surface area contributed by atoms with Gasteiger partial charge in [-0.2, -0.15) is 4.98 Å². The number of carbonyl (C=O) groups is 1. The molecule has 12 heteroatoms. The monoisotopic (exact) mass is 475 g/mol. The molecule has 3 aromatic rings. The molecule has 0 radical (unpaired) electrons. The van der Waals surface area contributed by atoms with E-state index < -0.39 is 29.2 Å². The van der Waals surface area contributed by atoms with Crippen LogP contribution in [0.25, 0.3) is 0 Å². The molecule has 1 heterocycles. The molecular weight excluding hydrogens is 452 g/mol. The Morgan fingerprint density at radius 3 is 2.59 bits per heavy atom. The van der Waals surface area contributed by atoms with Crippen molar-refractivity contribution in [1.29, 1.82) is 5.41 Å². The molecule has 0 aliphatic rings. The molecule has 0 spiro atoms. The normalized spacial score (nSPS) is 11.6. The van der Waals surface area contributed by atoms with Crippen LogP contribution in [0.4, 0.5) is 8.78 Å². The van der Waals surface area contributed by atoms with Crippen LogP contribution in [0.2, 0.25) is 0 Å². The van der Waals surface area contributed by atoms with E-state index in [1.165, 1.54) is 13.2 Å². The molecule has 0 aliphatic carbocycles. The van der Waals surface area contributed by atoms with Crippen LogP contribution >= 0.6 is 0 Å². The molecule has 180 valence electrons. The summed E-state index contributed by atoms with van der Waals surface area (Å²) in [6.45, 7) is 1.53. The van der Waals surface area contributed by atoms with Crippen LogP contribution in [0.3, 0.4) is 0 Å². The summed E-state index contributed by atoms with van der Waals surface area (Å²) < 4.78 is 49.7. The lowest BCUT2D eigenvalue weighted by Crippen LogP contribution is -2.32. The standard InChI is InChI=1S/C22H23F2N5O5/c1-3-32-20(19-15(23)7-14(31-2)8-16(19)24)22(30)27-9-13-5-4-12(21(25)26)6-17(13)33-10-18-28-11-34-29-18/h4-8,11,20H,3,9-10H2,1-2H3,(H3,25,26)(H,27,30)/t20-/m0/s1. The number of hydrogen-bond acceptors (Lipinski definition) is 8. The SMILES string of the molecule is CCO[C@H](C(=O)NCc1ccc(C(=N)N)cc1OCc1ncon1)c1c(F)cc(OC)cc1F. The minimum absolute atomic E-state index is 0.0247. The van der Waals surface area contributed by atoms with Crippen LogP contribution in [0, 0.1) is 17.0 Å². The number of methoxy groups -OCH3 is 1. The second-order valence-corrected chi connectivity index (χ2v) is 6.93. The zero-order valence-electron chi connectivity index (χ0n) is 18.4. The molecule has 34 heavy (non-hydrogen) atoms. The molecule has 3 rings (SSSR count). The van der Waals surface area contributed by atoms with Crippen molar-refractivity contribution < 1.29 is 32.3 Å². The predicted octanol–water partition coefficient (Wildman–Crippen LogP) is 2.61. The molecule has 1 amide bonds. The van der Waals surface area contributed by atoms with Gasteiger partial charge in [-0.3, -0.25) is 10.2 Å². The zero-order chi connectivity index (χ0) is 24.7. The quantitative estimate of drug-likeness (QED) is 0.283. The first kappa shape index (κ1) is 24.6. The topological polar surface area (TPSA) is 146 Å². The Morgan fingerprint density at radius 1 is 1.26 bits per heavy atom. The number of nitrogens with one attached hydrogen (secondary N) is 2. The number of amides is 1. The molecule has 2 aromatic carbocycles. The lowest BCUT2D eigenvalue weighted by Gasteiger charge is -2.20. The highest BCUT2D eigenvalue weighted by molar-refractivity contribution is 5.95. The summed E-state index contributed by atoms with van der Waals surface area (Å²) in [5.74, 6) is -2.33. The first-order valence-corrected chi connectivity index (χ1v) is 10.1. The minimum Gasteiger partial charge on any atom is -0.497 e. The van der Waals surface area contributed by atoms with Crippen molar-refractivity contribution in [2.24, 2.45) is 5.73 Å². The van der Waals surface area contributed by atoms with E-state index in [1.54, 1.807) is 19.1 Å². The maximum absolute atomic E-state index is 14.6. The van der Waals surface area contributed by atoms with Gasteiger partial charge in [-0.25, -0.2) is 8.78 Å². The van der Waals surface area contributed by atoms with Gasteiger partial charge in [-0.15, -0.1) is 0 Å². The van der Waals surface area contributed by atoms with Crippen molar-refractivity contribution in [2.45, 2.75) is 26.2 Å². The summed E-state index contributed by atoms with van der Waals surface area (Å²) in [4.78, 5) is 16.7. The predicted molar refractivity (Wildman–Crippen MR) is 115 cm³/mol. The number of aromatic nitrogens is 2. The minimum atomic E-state index is -1.53. The lowest BCUT2D eigenvalue weighted by atomic mass is 10.1. The number of nitrogen functional groups attached to an aromatic ring is 1. The summed E-state index contributed by atoms with van der Waals surface area (Å²) in [6, 6.07) is 6.65. The Morgan fingerprint density at radius 2 is 2.00 bits per heavy atom. The maximum Gasteiger partial charge on any atom is 0.254 e. The van der Waals surface area contributed by atoms with Gasteiger partial charge in [-0.05, 0) is 13.0 Å². The first-order valence-electron chi connectivity index (χ1n) is 10.1. The average molecular weight is 475 g/mol. The number of benzene rings is 2. The van der Waals surface area contributed by atoms with E-state index in [0.717, 1.165) is 18.5 Å².